The van der Waals surface area contributed by atoms with Gasteiger partial charge >= 0.3 is 0 Å². The van der Waals surface area contributed by atoms with Gasteiger partial charge in [-0.1, -0.05) is 0 Å². The Labute approximate surface area is 88.3 Å². The van der Waals surface area contributed by atoms with E-state index in [2.05, 4.69) is 0 Å². The fourth-order valence-corrected chi connectivity index (χ4v) is 1.16. The summed E-state index contributed by atoms with van der Waals surface area (Å²) < 4.78 is 0. The van der Waals surface area contributed by atoms with Gasteiger partial charge in [-0.05, 0) is 6.07 Å². The summed E-state index contributed by atoms with van der Waals surface area (Å²) in [6.45, 7) is 0. The zero-order chi connectivity index (χ0) is 12.3. The van der Waals surface area contributed by atoms with Gasteiger partial charge in [0.1, 0.15) is 0 Å². The summed E-state index contributed by atoms with van der Waals surface area (Å²) in [4.78, 5) is 30.6. The second-order valence-corrected chi connectivity index (χ2v) is 2.69. The molecule has 0 aromatic heterocycles. The number of nitro benzene ring substituents is 2. The fraction of sp³-hybridized carbons (Fsp3) is 0. The van der Waals surface area contributed by atoms with Crippen LogP contribution in [0.5, 0.6) is 0 Å². The van der Waals surface area contributed by atoms with Gasteiger partial charge in [-0.15, -0.1) is 0 Å². The van der Waals surface area contributed by atoms with Gasteiger partial charge in [0.25, 0.3) is 11.4 Å². The quantitative estimate of drug-likeness (QED) is 0.356. The normalized spacial score (nSPS) is 9.50. The monoisotopic (exact) mass is 223 g/mol. The van der Waals surface area contributed by atoms with Crippen LogP contribution >= 0.6 is 0 Å². The van der Waals surface area contributed by atoms with Crippen molar-refractivity contribution in [2.45, 2.75) is 0 Å². The number of nitrogens with zero attached hydrogens (tertiary/aromatic N) is 2. The van der Waals surface area contributed by atoms with Gasteiger partial charge < -0.3 is 5.41 Å². The van der Waals surface area contributed by atoms with Gasteiger partial charge in [-0.2, -0.15) is 0 Å². The second kappa shape index (κ2) is 4.26. The van der Waals surface area contributed by atoms with Gasteiger partial charge in [0, 0.05) is 12.1 Å². The van der Waals surface area contributed by atoms with Crippen LogP contribution in [0, 0.1) is 25.6 Å². The second-order valence-electron chi connectivity index (χ2n) is 2.69. The van der Waals surface area contributed by atoms with E-state index in [4.69, 9.17) is 5.41 Å². The van der Waals surface area contributed by atoms with E-state index >= 15 is 0 Å². The highest BCUT2D eigenvalue weighted by Gasteiger charge is 2.28. The molecule has 1 N–H and O–H groups in total. The van der Waals surface area contributed by atoms with Gasteiger partial charge in [0.05, 0.1) is 16.1 Å². The molecule has 0 fully saturated rings. The third-order valence-electron chi connectivity index (χ3n) is 1.79. The van der Waals surface area contributed by atoms with Gasteiger partial charge in [0.2, 0.25) is 5.78 Å². The van der Waals surface area contributed by atoms with Crippen molar-refractivity contribution in [3.63, 3.8) is 0 Å². The van der Waals surface area contributed by atoms with Gasteiger partial charge in [-0.25, -0.2) is 0 Å². The molecule has 0 amide bonds. The standard InChI is InChI=1S/C8H5N3O5/c9-4-7(12)8-5(10(13)14)2-1-3-6(8)11(15)16/h1-4,9H. The van der Waals surface area contributed by atoms with Crippen LogP contribution in [0.4, 0.5) is 11.4 Å². The van der Waals surface area contributed by atoms with E-state index in [1.807, 2.05) is 0 Å². The van der Waals surface area contributed by atoms with E-state index in [0.29, 0.717) is 6.21 Å². The molecular formula is C8H5N3O5. The summed E-state index contributed by atoms with van der Waals surface area (Å²) in [5.74, 6) is -1.07. The summed E-state index contributed by atoms with van der Waals surface area (Å²) in [6.07, 6.45) is 0.301. The molecule has 0 bridgehead atoms. The summed E-state index contributed by atoms with van der Waals surface area (Å²) in [7, 11) is 0. The van der Waals surface area contributed by atoms with Crippen LogP contribution in [0.2, 0.25) is 0 Å². The summed E-state index contributed by atoms with van der Waals surface area (Å²) in [5, 5.41) is 27.8. The number of benzene rings is 1. The molecule has 1 rings (SSSR count). The van der Waals surface area contributed by atoms with Crippen molar-refractivity contribution in [1.29, 1.82) is 5.41 Å². The fourth-order valence-electron chi connectivity index (χ4n) is 1.16. The third-order valence-corrected chi connectivity index (χ3v) is 1.79. The van der Waals surface area contributed by atoms with Crippen LogP contribution in [-0.2, 0) is 0 Å². The Balaban J connectivity index is 3.59. The molecule has 1 aromatic rings. The van der Waals surface area contributed by atoms with Gasteiger partial charge in [-0.3, -0.25) is 25.0 Å². The first kappa shape index (κ1) is 11.4. The first-order chi connectivity index (χ1) is 7.49. The topological polar surface area (TPSA) is 127 Å². The van der Waals surface area contributed by atoms with Crippen LogP contribution in [0.15, 0.2) is 18.2 Å². The zero-order valence-corrected chi connectivity index (χ0v) is 7.75. The Kier molecular flexibility index (Phi) is 3.04. The first-order valence-electron chi connectivity index (χ1n) is 3.95. The minimum atomic E-state index is -1.07. The van der Waals surface area contributed by atoms with Crippen LogP contribution in [0.25, 0.3) is 0 Å². The van der Waals surface area contributed by atoms with E-state index < -0.39 is 32.6 Å². The molecule has 0 aliphatic carbocycles. The molecule has 0 unspecified atom stereocenters. The van der Waals surface area contributed by atoms with Crippen molar-refractivity contribution >= 4 is 23.4 Å². The SMILES string of the molecule is N=CC(=O)c1c([N+](=O)[O-])cccc1[N+](=O)[O-]. The molecule has 16 heavy (non-hydrogen) atoms. The molecule has 82 valence electrons. The lowest BCUT2D eigenvalue weighted by Crippen LogP contribution is -2.08. The predicted octanol–water partition coefficient (Wildman–Crippen LogP) is 1.34. The van der Waals surface area contributed by atoms with E-state index in [1.165, 1.54) is 0 Å². The number of rotatable bonds is 4. The Hall–Kier alpha value is -2.64. The summed E-state index contributed by atoms with van der Waals surface area (Å²) in [6, 6.07) is 3.06. The largest absolute Gasteiger partial charge is 0.305 e. The van der Waals surface area contributed by atoms with E-state index in [0.717, 1.165) is 18.2 Å². The van der Waals surface area contributed by atoms with Gasteiger partial charge in [0.15, 0.2) is 5.56 Å². The Morgan fingerprint density at radius 3 is 1.94 bits per heavy atom. The van der Waals surface area contributed by atoms with E-state index in [9.17, 15) is 25.0 Å². The lowest BCUT2D eigenvalue weighted by atomic mass is 10.1. The third kappa shape index (κ3) is 1.90. The van der Waals surface area contributed by atoms with Crippen molar-refractivity contribution in [3.05, 3.63) is 44.0 Å². The minimum Gasteiger partial charge on any atom is -0.305 e. The van der Waals surface area contributed by atoms with Crippen molar-refractivity contribution < 1.29 is 14.6 Å². The number of carbonyl (C=O) groups is 1. The molecule has 0 saturated carbocycles. The van der Waals surface area contributed by atoms with Crippen LogP contribution in [0.3, 0.4) is 0 Å². The average Bonchev–Trinajstić information content (AvgIpc) is 2.26. The molecule has 0 spiro atoms. The smallest absolute Gasteiger partial charge is 0.287 e. The van der Waals surface area contributed by atoms with Crippen molar-refractivity contribution in [3.8, 4) is 0 Å². The lowest BCUT2D eigenvalue weighted by Gasteiger charge is -1.99. The number of hydrogen-bond acceptors (Lipinski definition) is 6. The molecular weight excluding hydrogens is 218 g/mol. The maximum absolute atomic E-state index is 11.2. The Morgan fingerprint density at radius 2 is 1.62 bits per heavy atom. The Morgan fingerprint density at radius 1 is 1.19 bits per heavy atom. The molecule has 0 atom stereocenters. The Bertz CT molecular complexity index is 464. The number of hydrogen-bond donors (Lipinski definition) is 1. The van der Waals surface area contributed by atoms with Crippen LogP contribution < -0.4 is 0 Å². The van der Waals surface area contributed by atoms with Crippen molar-refractivity contribution in [2.75, 3.05) is 0 Å². The number of nitrogens with one attached hydrogen (secondary N) is 1. The molecule has 0 aliphatic heterocycles. The summed E-state index contributed by atoms with van der Waals surface area (Å²) in [5.41, 5.74) is -2.03. The van der Waals surface area contributed by atoms with Crippen LogP contribution in [0.1, 0.15) is 10.4 Å². The van der Waals surface area contributed by atoms with Crippen molar-refractivity contribution in [2.24, 2.45) is 0 Å². The van der Waals surface area contributed by atoms with E-state index in [1.54, 1.807) is 0 Å². The molecule has 8 nitrogen and oxygen atoms in total. The predicted molar refractivity (Wildman–Crippen MR) is 52.9 cm³/mol. The molecule has 1 aromatic carbocycles. The number of nitro groups is 2. The lowest BCUT2D eigenvalue weighted by molar-refractivity contribution is -0.394. The average molecular weight is 223 g/mol. The molecule has 0 heterocycles. The highest BCUT2D eigenvalue weighted by molar-refractivity contribution is 6.36. The maximum atomic E-state index is 11.2. The van der Waals surface area contributed by atoms with Crippen molar-refractivity contribution in [1.82, 2.24) is 0 Å². The summed E-state index contributed by atoms with van der Waals surface area (Å²) >= 11 is 0. The maximum Gasteiger partial charge on any atom is 0.287 e. The molecule has 0 radical (unpaired) electrons. The zero-order valence-electron chi connectivity index (χ0n) is 7.75. The molecule has 0 saturated heterocycles. The minimum absolute atomic E-state index is 0.301. The first-order valence-corrected chi connectivity index (χ1v) is 3.95. The number of Topliss-reactive ketones (excluding diaryl/α,β-unsaturated/α-hetero) is 1. The highest BCUT2D eigenvalue weighted by atomic mass is 16.6. The van der Waals surface area contributed by atoms with Crippen LogP contribution in [-0.4, -0.2) is 21.8 Å². The number of carbonyl (C=O) groups excluding carboxylic acids is 1. The number of ketones is 1. The molecule has 0 aliphatic rings. The highest BCUT2D eigenvalue weighted by Crippen LogP contribution is 2.27. The molecule has 8 heteroatoms. The van der Waals surface area contributed by atoms with E-state index in [-0.39, 0.29) is 0 Å².